The van der Waals surface area contributed by atoms with Crippen LogP contribution in [0.25, 0.3) is 0 Å². The van der Waals surface area contributed by atoms with E-state index in [1.807, 2.05) is 0 Å². The van der Waals surface area contributed by atoms with Gasteiger partial charge >= 0.3 is 0 Å². The van der Waals surface area contributed by atoms with Crippen LogP contribution in [0.15, 0.2) is 36.4 Å². The summed E-state index contributed by atoms with van der Waals surface area (Å²) in [5.74, 6) is -2.76. The minimum Gasteiger partial charge on any atom is -0.387 e. The van der Waals surface area contributed by atoms with E-state index in [0.29, 0.717) is 0 Å². The summed E-state index contributed by atoms with van der Waals surface area (Å²) in [6.45, 7) is 1.19. The lowest BCUT2D eigenvalue weighted by Crippen LogP contribution is -2.29. The van der Waals surface area contributed by atoms with E-state index in [1.54, 1.807) is 0 Å². The summed E-state index contributed by atoms with van der Waals surface area (Å²) in [6.07, 6.45) is -1.25. The number of halogens is 2. The van der Waals surface area contributed by atoms with Crippen LogP contribution in [-0.4, -0.2) is 22.5 Å². The molecular formula is C16H14F2N2O4. The second-order valence-electron chi connectivity index (χ2n) is 5.11. The third-order valence-corrected chi connectivity index (χ3v) is 3.53. The molecule has 0 radical (unpaired) electrons. The molecule has 1 amide bonds. The fourth-order valence-electron chi connectivity index (χ4n) is 2.19. The van der Waals surface area contributed by atoms with Gasteiger partial charge < -0.3 is 10.4 Å². The SMILES string of the molecule is Cc1c(C(=O)NCC(O)c2ccc(F)c(F)c2)cccc1[N+](=O)[O-]. The lowest BCUT2D eigenvalue weighted by Gasteiger charge is -2.13. The van der Waals surface area contributed by atoms with Gasteiger partial charge in [-0.1, -0.05) is 12.1 Å². The maximum Gasteiger partial charge on any atom is 0.273 e. The number of hydrogen-bond acceptors (Lipinski definition) is 4. The molecule has 2 aromatic rings. The van der Waals surface area contributed by atoms with Gasteiger partial charge in [0.1, 0.15) is 0 Å². The van der Waals surface area contributed by atoms with Crippen LogP contribution in [0.4, 0.5) is 14.5 Å². The summed E-state index contributed by atoms with van der Waals surface area (Å²) in [6, 6.07) is 6.99. The van der Waals surface area contributed by atoms with Gasteiger partial charge in [0.2, 0.25) is 0 Å². The van der Waals surface area contributed by atoms with Crippen LogP contribution in [0.3, 0.4) is 0 Å². The van der Waals surface area contributed by atoms with Crippen molar-refractivity contribution in [1.82, 2.24) is 5.32 Å². The van der Waals surface area contributed by atoms with Crippen LogP contribution in [0, 0.1) is 28.7 Å². The van der Waals surface area contributed by atoms with E-state index in [0.717, 1.165) is 12.1 Å². The van der Waals surface area contributed by atoms with Crippen molar-refractivity contribution >= 4 is 11.6 Å². The first-order valence-electron chi connectivity index (χ1n) is 6.96. The minimum absolute atomic E-state index is 0.0988. The average molecular weight is 336 g/mol. The van der Waals surface area contributed by atoms with E-state index in [4.69, 9.17) is 0 Å². The molecule has 2 N–H and O–H groups in total. The molecule has 126 valence electrons. The summed E-state index contributed by atoms with van der Waals surface area (Å²) in [5, 5.41) is 23.2. The van der Waals surface area contributed by atoms with Gasteiger partial charge in [0.15, 0.2) is 11.6 Å². The molecule has 2 rings (SSSR count). The number of nitro groups is 1. The molecule has 6 nitrogen and oxygen atoms in total. The van der Waals surface area contributed by atoms with Gasteiger partial charge in [-0.25, -0.2) is 8.78 Å². The molecule has 0 fully saturated rings. The molecule has 1 unspecified atom stereocenters. The fourth-order valence-corrected chi connectivity index (χ4v) is 2.19. The number of nitrogens with zero attached hydrogens (tertiary/aromatic N) is 1. The van der Waals surface area contributed by atoms with E-state index in [-0.39, 0.29) is 28.9 Å². The molecule has 24 heavy (non-hydrogen) atoms. The Hall–Kier alpha value is -2.87. The highest BCUT2D eigenvalue weighted by Gasteiger charge is 2.19. The van der Waals surface area contributed by atoms with E-state index in [2.05, 4.69) is 5.32 Å². The van der Waals surface area contributed by atoms with Crippen LogP contribution < -0.4 is 5.32 Å². The monoisotopic (exact) mass is 336 g/mol. The third kappa shape index (κ3) is 3.72. The molecule has 0 saturated heterocycles. The molecule has 0 saturated carbocycles. The predicted octanol–water partition coefficient (Wildman–Crippen LogP) is 2.64. The van der Waals surface area contributed by atoms with Crippen molar-refractivity contribution in [3.8, 4) is 0 Å². The van der Waals surface area contributed by atoms with Gasteiger partial charge in [-0.2, -0.15) is 0 Å². The summed E-state index contributed by atoms with van der Waals surface area (Å²) in [4.78, 5) is 22.4. The molecule has 0 heterocycles. The fraction of sp³-hybridized carbons (Fsp3) is 0.188. The Morgan fingerprint density at radius 3 is 2.62 bits per heavy atom. The third-order valence-electron chi connectivity index (χ3n) is 3.53. The lowest BCUT2D eigenvalue weighted by molar-refractivity contribution is -0.385. The van der Waals surface area contributed by atoms with E-state index in [1.165, 1.54) is 31.2 Å². The van der Waals surface area contributed by atoms with Gasteiger partial charge in [-0.05, 0) is 30.7 Å². The lowest BCUT2D eigenvalue weighted by atomic mass is 10.1. The van der Waals surface area contributed by atoms with Gasteiger partial charge in [-0.15, -0.1) is 0 Å². The van der Waals surface area contributed by atoms with Gasteiger partial charge in [0.05, 0.1) is 11.0 Å². The maximum atomic E-state index is 13.1. The first-order chi connectivity index (χ1) is 11.3. The van der Waals surface area contributed by atoms with Gasteiger partial charge in [-0.3, -0.25) is 14.9 Å². The zero-order valence-corrected chi connectivity index (χ0v) is 12.6. The minimum atomic E-state index is -1.25. The number of carbonyl (C=O) groups excluding carboxylic acids is 1. The smallest absolute Gasteiger partial charge is 0.273 e. The number of rotatable bonds is 5. The molecule has 2 aromatic carbocycles. The highest BCUT2D eigenvalue weighted by molar-refractivity contribution is 5.96. The van der Waals surface area contributed by atoms with Crippen LogP contribution in [-0.2, 0) is 0 Å². The van der Waals surface area contributed by atoms with Crippen molar-refractivity contribution in [1.29, 1.82) is 0 Å². The molecule has 0 bridgehead atoms. The Bertz CT molecular complexity index is 796. The second-order valence-corrected chi connectivity index (χ2v) is 5.11. The Labute approximate surface area is 135 Å². The quantitative estimate of drug-likeness (QED) is 0.648. The van der Waals surface area contributed by atoms with Crippen LogP contribution in [0.5, 0.6) is 0 Å². The van der Waals surface area contributed by atoms with Crippen molar-refractivity contribution in [2.75, 3.05) is 6.54 Å². The first kappa shape index (κ1) is 17.5. The van der Waals surface area contributed by atoms with Crippen molar-refractivity contribution in [2.24, 2.45) is 0 Å². The maximum absolute atomic E-state index is 13.1. The van der Waals surface area contributed by atoms with Gasteiger partial charge in [0.25, 0.3) is 11.6 Å². The summed E-state index contributed by atoms with van der Waals surface area (Å²) in [7, 11) is 0. The highest BCUT2D eigenvalue weighted by atomic mass is 19.2. The Morgan fingerprint density at radius 2 is 2.00 bits per heavy atom. The van der Waals surface area contributed by atoms with Crippen molar-refractivity contribution in [2.45, 2.75) is 13.0 Å². The molecule has 1 atom stereocenters. The number of nitrogens with one attached hydrogen (secondary N) is 1. The summed E-state index contributed by atoms with van der Waals surface area (Å²) < 4.78 is 26.0. The van der Waals surface area contributed by atoms with E-state index < -0.39 is 28.6 Å². The van der Waals surface area contributed by atoms with E-state index in [9.17, 15) is 28.8 Å². The van der Waals surface area contributed by atoms with E-state index >= 15 is 0 Å². The molecule has 8 heteroatoms. The van der Waals surface area contributed by atoms with Crippen molar-refractivity contribution < 1.29 is 23.6 Å². The number of hydrogen-bond donors (Lipinski definition) is 2. The van der Waals surface area contributed by atoms with Crippen LogP contribution >= 0.6 is 0 Å². The normalized spacial score (nSPS) is 11.8. The van der Waals surface area contributed by atoms with Gasteiger partial charge in [0, 0.05) is 23.7 Å². The van der Waals surface area contributed by atoms with Crippen LogP contribution in [0.1, 0.15) is 27.6 Å². The summed E-state index contributed by atoms with van der Waals surface area (Å²) in [5.41, 5.74) is 0.206. The standard InChI is InChI=1S/C16H14F2N2O4/c1-9-11(3-2-4-14(9)20(23)24)16(22)19-8-15(21)10-5-6-12(17)13(18)7-10/h2-7,15,21H,8H2,1H3,(H,19,22). The zero-order chi connectivity index (χ0) is 17.9. The second kappa shape index (κ2) is 7.14. The topological polar surface area (TPSA) is 92.5 Å². The average Bonchev–Trinajstić information content (AvgIpc) is 2.54. The molecule has 0 aromatic heterocycles. The number of carbonyl (C=O) groups is 1. The summed E-state index contributed by atoms with van der Waals surface area (Å²) >= 11 is 0. The molecule has 0 aliphatic heterocycles. The molecule has 0 aliphatic carbocycles. The first-order valence-corrected chi connectivity index (χ1v) is 6.96. The Balaban J connectivity index is 2.09. The number of nitro benzene ring substituents is 1. The highest BCUT2D eigenvalue weighted by Crippen LogP contribution is 2.21. The molecular weight excluding hydrogens is 322 g/mol. The number of benzene rings is 2. The largest absolute Gasteiger partial charge is 0.387 e. The number of aliphatic hydroxyl groups excluding tert-OH is 1. The number of amides is 1. The molecule has 0 aliphatic rings. The zero-order valence-electron chi connectivity index (χ0n) is 12.6. The Kier molecular flexibility index (Phi) is 5.20. The predicted molar refractivity (Wildman–Crippen MR) is 81.5 cm³/mol. The van der Waals surface area contributed by atoms with Crippen LogP contribution in [0.2, 0.25) is 0 Å². The Morgan fingerprint density at radius 1 is 1.29 bits per heavy atom. The molecule has 0 spiro atoms. The van der Waals surface area contributed by atoms with Crippen molar-refractivity contribution in [3.63, 3.8) is 0 Å². The van der Waals surface area contributed by atoms with Crippen molar-refractivity contribution in [3.05, 3.63) is 74.8 Å². The number of aliphatic hydroxyl groups is 1.